The quantitative estimate of drug-likeness (QED) is 0.913. The average molecular weight is 272 g/mol. The molecule has 4 rings (SSSR count). The molecule has 20 heavy (non-hydrogen) atoms. The van der Waals surface area contributed by atoms with E-state index in [1.165, 1.54) is 25.3 Å². The van der Waals surface area contributed by atoms with Crippen molar-refractivity contribution >= 4 is 5.95 Å². The molecule has 2 heterocycles. The topological polar surface area (TPSA) is 42.7 Å². The fourth-order valence-electron chi connectivity index (χ4n) is 2.99. The Hall–Kier alpha value is -1.91. The fraction of sp³-hybridized carbons (Fsp3) is 0.467. The number of hydrogen-bond donors (Lipinski definition) is 1. The van der Waals surface area contributed by atoms with Gasteiger partial charge in [0.1, 0.15) is 5.82 Å². The van der Waals surface area contributed by atoms with Crippen LogP contribution in [0.3, 0.4) is 0 Å². The predicted octanol–water partition coefficient (Wildman–Crippen LogP) is 3.09. The van der Waals surface area contributed by atoms with Gasteiger partial charge < -0.3 is 5.32 Å². The van der Waals surface area contributed by atoms with Gasteiger partial charge >= 0.3 is 0 Å². The minimum atomic E-state index is -0.161. The first-order valence-corrected chi connectivity index (χ1v) is 7.27. The number of aromatic nitrogens is 3. The lowest BCUT2D eigenvalue weighted by Crippen LogP contribution is -2.25. The van der Waals surface area contributed by atoms with Crippen LogP contribution in [0.25, 0.3) is 0 Å². The highest BCUT2D eigenvalue weighted by atomic mass is 19.1. The van der Waals surface area contributed by atoms with Gasteiger partial charge in [-0.25, -0.2) is 9.07 Å². The molecule has 0 radical (unpaired) electrons. The van der Waals surface area contributed by atoms with Gasteiger partial charge in [-0.2, -0.15) is 10.1 Å². The monoisotopic (exact) mass is 272 g/mol. The SMILES string of the molecule is Fc1ccccc1C1CCNc2nc(C3CCC3)nn21. The second-order valence-corrected chi connectivity index (χ2v) is 5.62. The second kappa shape index (κ2) is 4.58. The molecule has 0 saturated heterocycles. The maximum absolute atomic E-state index is 14.0. The Morgan fingerprint density at radius 1 is 1.20 bits per heavy atom. The first kappa shape index (κ1) is 11.9. The molecular formula is C15H17FN4. The van der Waals surface area contributed by atoms with Crippen LogP contribution in [0.15, 0.2) is 24.3 Å². The minimum absolute atomic E-state index is 0.0474. The zero-order valence-corrected chi connectivity index (χ0v) is 11.2. The summed E-state index contributed by atoms with van der Waals surface area (Å²) >= 11 is 0. The van der Waals surface area contributed by atoms with Crippen LogP contribution in [0.1, 0.15) is 49.0 Å². The summed E-state index contributed by atoms with van der Waals surface area (Å²) in [7, 11) is 0. The van der Waals surface area contributed by atoms with Crippen molar-refractivity contribution in [3.05, 3.63) is 41.5 Å². The molecule has 1 fully saturated rings. The van der Waals surface area contributed by atoms with E-state index in [4.69, 9.17) is 0 Å². The summed E-state index contributed by atoms with van der Waals surface area (Å²) in [6.07, 6.45) is 4.45. The molecule has 2 aromatic rings. The number of rotatable bonds is 2. The Kier molecular flexibility index (Phi) is 2.72. The number of fused-ring (bicyclic) bond motifs is 1. The fourth-order valence-corrected chi connectivity index (χ4v) is 2.99. The largest absolute Gasteiger partial charge is 0.354 e. The normalized spacial score (nSPS) is 21.9. The smallest absolute Gasteiger partial charge is 0.221 e. The molecule has 104 valence electrons. The summed E-state index contributed by atoms with van der Waals surface area (Å²) < 4.78 is 15.9. The van der Waals surface area contributed by atoms with Gasteiger partial charge in [-0.3, -0.25) is 0 Å². The molecule has 1 aromatic carbocycles. The molecule has 2 aliphatic rings. The number of nitrogens with zero attached hydrogens (tertiary/aromatic N) is 3. The standard InChI is InChI=1S/C15H17FN4/c16-12-7-2-1-6-11(12)13-8-9-17-15-18-14(19-20(13)15)10-4-3-5-10/h1-2,6-7,10,13H,3-5,8-9H2,(H,17,18,19). The first-order valence-electron chi connectivity index (χ1n) is 7.27. The van der Waals surface area contributed by atoms with Crippen molar-refractivity contribution < 1.29 is 4.39 Å². The summed E-state index contributed by atoms with van der Waals surface area (Å²) in [4.78, 5) is 4.60. The molecule has 1 aliphatic heterocycles. The van der Waals surface area contributed by atoms with Gasteiger partial charge in [-0.1, -0.05) is 24.6 Å². The molecule has 1 saturated carbocycles. The zero-order valence-electron chi connectivity index (χ0n) is 11.2. The number of benzene rings is 1. The van der Waals surface area contributed by atoms with Gasteiger partial charge in [-0.15, -0.1) is 0 Å². The summed E-state index contributed by atoms with van der Waals surface area (Å²) in [5, 5.41) is 7.92. The van der Waals surface area contributed by atoms with Crippen LogP contribution in [0, 0.1) is 5.82 Å². The Morgan fingerprint density at radius 3 is 2.80 bits per heavy atom. The van der Waals surface area contributed by atoms with Crippen LogP contribution < -0.4 is 5.32 Å². The van der Waals surface area contributed by atoms with E-state index in [9.17, 15) is 4.39 Å². The summed E-state index contributed by atoms with van der Waals surface area (Å²) in [6, 6.07) is 6.92. The van der Waals surface area contributed by atoms with Gasteiger partial charge in [-0.05, 0) is 25.3 Å². The van der Waals surface area contributed by atoms with Crippen molar-refractivity contribution in [2.75, 3.05) is 11.9 Å². The maximum Gasteiger partial charge on any atom is 0.221 e. The van der Waals surface area contributed by atoms with E-state index >= 15 is 0 Å². The average Bonchev–Trinajstić information content (AvgIpc) is 2.80. The third kappa shape index (κ3) is 1.80. The lowest BCUT2D eigenvalue weighted by atomic mass is 9.85. The van der Waals surface area contributed by atoms with Crippen molar-refractivity contribution in [2.45, 2.75) is 37.6 Å². The number of halogens is 1. The molecular weight excluding hydrogens is 255 g/mol. The molecule has 1 atom stereocenters. The van der Waals surface area contributed by atoms with Crippen molar-refractivity contribution in [1.82, 2.24) is 14.8 Å². The van der Waals surface area contributed by atoms with Gasteiger partial charge in [0.25, 0.3) is 0 Å². The van der Waals surface area contributed by atoms with E-state index in [0.29, 0.717) is 11.5 Å². The van der Waals surface area contributed by atoms with Crippen molar-refractivity contribution in [3.8, 4) is 0 Å². The van der Waals surface area contributed by atoms with Crippen molar-refractivity contribution in [1.29, 1.82) is 0 Å². The van der Waals surface area contributed by atoms with Crippen LogP contribution in [0.2, 0.25) is 0 Å². The lowest BCUT2D eigenvalue weighted by Gasteiger charge is -2.25. The van der Waals surface area contributed by atoms with Crippen molar-refractivity contribution in [3.63, 3.8) is 0 Å². The van der Waals surface area contributed by atoms with Gasteiger partial charge in [0.15, 0.2) is 5.82 Å². The van der Waals surface area contributed by atoms with E-state index in [-0.39, 0.29) is 11.9 Å². The Morgan fingerprint density at radius 2 is 2.05 bits per heavy atom. The third-order valence-corrected chi connectivity index (χ3v) is 4.38. The predicted molar refractivity (Wildman–Crippen MR) is 74.3 cm³/mol. The van der Waals surface area contributed by atoms with E-state index in [0.717, 1.165) is 24.7 Å². The molecule has 4 nitrogen and oxygen atoms in total. The molecule has 1 N–H and O–H groups in total. The highest BCUT2D eigenvalue weighted by Crippen LogP contribution is 2.37. The Bertz CT molecular complexity index is 633. The van der Waals surface area contributed by atoms with Gasteiger partial charge in [0, 0.05) is 18.0 Å². The van der Waals surface area contributed by atoms with E-state index in [1.54, 1.807) is 6.07 Å². The summed E-state index contributed by atoms with van der Waals surface area (Å²) in [5.74, 6) is 2.04. The van der Waals surface area contributed by atoms with Crippen LogP contribution >= 0.6 is 0 Å². The Balaban J connectivity index is 1.74. The molecule has 1 unspecified atom stereocenters. The van der Waals surface area contributed by atoms with E-state index in [2.05, 4.69) is 15.4 Å². The first-order chi connectivity index (χ1) is 9.83. The van der Waals surface area contributed by atoms with Crippen LogP contribution in [-0.4, -0.2) is 21.3 Å². The molecule has 5 heteroatoms. The van der Waals surface area contributed by atoms with Crippen LogP contribution in [0.4, 0.5) is 10.3 Å². The zero-order chi connectivity index (χ0) is 13.5. The maximum atomic E-state index is 14.0. The highest BCUT2D eigenvalue weighted by molar-refractivity contribution is 5.34. The Labute approximate surface area is 117 Å². The molecule has 0 spiro atoms. The van der Waals surface area contributed by atoms with Crippen LogP contribution in [-0.2, 0) is 0 Å². The molecule has 0 bridgehead atoms. The minimum Gasteiger partial charge on any atom is -0.354 e. The third-order valence-electron chi connectivity index (χ3n) is 4.38. The summed E-state index contributed by atoms with van der Waals surface area (Å²) in [5.41, 5.74) is 0.709. The summed E-state index contributed by atoms with van der Waals surface area (Å²) in [6.45, 7) is 0.807. The van der Waals surface area contributed by atoms with E-state index in [1.807, 2.05) is 16.8 Å². The highest BCUT2D eigenvalue weighted by Gasteiger charge is 2.30. The molecule has 1 aliphatic carbocycles. The molecule has 0 amide bonds. The second-order valence-electron chi connectivity index (χ2n) is 5.62. The number of hydrogen-bond acceptors (Lipinski definition) is 3. The number of nitrogens with one attached hydrogen (secondary N) is 1. The van der Waals surface area contributed by atoms with E-state index < -0.39 is 0 Å². The van der Waals surface area contributed by atoms with Crippen LogP contribution in [0.5, 0.6) is 0 Å². The van der Waals surface area contributed by atoms with Crippen molar-refractivity contribution in [2.24, 2.45) is 0 Å². The van der Waals surface area contributed by atoms with Gasteiger partial charge in [0.2, 0.25) is 5.95 Å². The molecule has 1 aromatic heterocycles. The van der Waals surface area contributed by atoms with Gasteiger partial charge in [0.05, 0.1) is 6.04 Å². The number of anilines is 1. The lowest BCUT2D eigenvalue weighted by molar-refractivity contribution is 0.392.